The number of ether oxygens (including phenoxy) is 1. The molecule has 1 aromatic rings. The fourth-order valence-corrected chi connectivity index (χ4v) is 2.33. The zero-order chi connectivity index (χ0) is 12.3. The van der Waals surface area contributed by atoms with Crippen LogP contribution in [0.1, 0.15) is 38.6 Å². The van der Waals surface area contributed by atoms with Crippen molar-refractivity contribution in [1.29, 1.82) is 0 Å². The zero-order valence-electron chi connectivity index (χ0n) is 11.1. The van der Waals surface area contributed by atoms with E-state index in [9.17, 15) is 0 Å². The summed E-state index contributed by atoms with van der Waals surface area (Å²) in [4.78, 5) is 4.38. The predicted molar refractivity (Wildman–Crippen MR) is 67.8 cm³/mol. The van der Waals surface area contributed by atoms with E-state index in [4.69, 9.17) is 4.74 Å². The van der Waals surface area contributed by atoms with E-state index in [1.165, 1.54) is 0 Å². The summed E-state index contributed by atoms with van der Waals surface area (Å²) in [6.07, 6.45) is 6.13. The molecule has 0 spiro atoms. The molecule has 1 saturated heterocycles. The molecule has 1 unspecified atom stereocenters. The maximum atomic E-state index is 5.42. The standard InChI is InChI=1S/C13H23N3O/c1-11(12-14-6-7-16(12)3)15-10-13(2)4-8-17-9-5-13/h6-7,11,15H,4-5,8-10H2,1-3H3. The Morgan fingerprint density at radius 1 is 1.53 bits per heavy atom. The van der Waals surface area contributed by atoms with Crippen molar-refractivity contribution in [3.63, 3.8) is 0 Å². The number of nitrogens with one attached hydrogen (secondary N) is 1. The zero-order valence-corrected chi connectivity index (χ0v) is 11.1. The van der Waals surface area contributed by atoms with Crippen molar-refractivity contribution in [2.45, 2.75) is 32.7 Å². The number of hydrogen-bond acceptors (Lipinski definition) is 3. The summed E-state index contributed by atoms with van der Waals surface area (Å²) in [5.41, 5.74) is 0.373. The number of hydrogen-bond donors (Lipinski definition) is 1. The summed E-state index contributed by atoms with van der Waals surface area (Å²) in [6, 6.07) is 0.301. The molecule has 1 atom stereocenters. The van der Waals surface area contributed by atoms with E-state index in [1.54, 1.807) is 0 Å². The highest BCUT2D eigenvalue weighted by Crippen LogP contribution is 2.29. The molecule has 1 N–H and O–H groups in total. The van der Waals surface area contributed by atoms with Crippen molar-refractivity contribution in [3.8, 4) is 0 Å². The van der Waals surface area contributed by atoms with Gasteiger partial charge < -0.3 is 14.6 Å². The van der Waals surface area contributed by atoms with Gasteiger partial charge in [0.15, 0.2) is 0 Å². The first kappa shape index (κ1) is 12.6. The molecular weight excluding hydrogens is 214 g/mol. The molecule has 1 aromatic heterocycles. The molecule has 0 aromatic carbocycles. The highest BCUT2D eigenvalue weighted by Gasteiger charge is 2.27. The molecule has 4 nitrogen and oxygen atoms in total. The van der Waals surface area contributed by atoms with Gasteiger partial charge in [-0.05, 0) is 25.2 Å². The normalized spacial score (nSPS) is 21.4. The maximum Gasteiger partial charge on any atom is 0.125 e. The summed E-state index contributed by atoms with van der Waals surface area (Å²) >= 11 is 0. The van der Waals surface area contributed by atoms with E-state index in [-0.39, 0.29) is 0 Å². The third-order valence-corrected chi connectivity index (χ3v) is 3.78. The Morgan fingerprint density at radius 2 is 2.24 bits per heavy atom. The molecule has 4 heteroatoms. The third-order valence-electron chi connectivity index (χ3n) is 3.78. The number of rotatable bonds is 4. The SMILES string of the molecule is CC(NCC1(C)CCOCC1)c1nccn1C. The summed E-state index contributed by atoms with van der Waals surface area (Å²) in [6.45, 7) is 7.34. The lowest BCUT2D eigenvalue weighted by atomic mass is 9.82. The van der Waals surface area contributed by atoms with Gasteiger partial charge in [0.2, 0.25) is 0 Å². The molecule has 0 amide bonds. The van der Waals surface area contributed by atoms with Crippen LogP contribution >= 0.6 is 0 Å². The summed E-state index contributed by atoms with van der Waals surface area (Å²) in [5, 5.41) is 3.60. The molecule has 1 aliphatic heterocycles. The average Bonchev–Trinajstić information content (AvgIpc) is 2.74. The average molecular weight is 237 g/mol. The molecule has 0 saturated carbocycles. The molecule has 0 aliphatic carbocycles. The maximum absolute atomic E-state index is 5.42. The van der Waals surface area contributed by atoms with Crippen LogP contribution in [-0.2, 0) is 11.8 Å². The molecule has 1 fully saturated rings. The van der Waals surface area contributed by atoms with Crippen LogP contribution in [0, 0.1) is 5.41 Å². The minimum atomic E-state index is 0.301. The summed E-state index contributed by atoms with van der Waals surface area (Å²) in [7, 11) is 2.04. The van der Waals surface area contributed by atoms with Gasteiger partial charge in [0.05, 0.1) is 6.04 Å². The first-order chi connectivity index (χ1) is 8.11. The highest BCUT2D eigenvalue weighted by molar-refractivity contribution is 4.97. The quantitative estimate of drug-likeness (QED) is 0.869. The first-order valence-electron chi connectivity index (χ1n) is 6.39. The Balaban J connectivity index is 1.87. The van der Waals surface area contributed by atoms with Gasteiger partial charge in [0.1, 0.15) is 5.82 Å². The summed E-state index contributed by atoms with van der Waals surface area (Å²) < 4.78 is 7.49. The van der Waals surface area contributed by atoms with Gasteiger partial charge in [0.25, 0.3) is 0 Å². The highest BCUT2D eigenvalue weighted by atomic mass is 16.5. The minimum absolute atomic E-state index is 0.301. The smallest absolute Gasteiger partial charge is 0.125 e. The van der Waals surface area contributed by atoms with Crippen molar-refractivity contribution in [2.24, 2.45) is 12.5 Å². The number of imidazole rings is 1. The molecule has 17 heavy (non-hydrogen) atoms. The molecule has 1 aliphatic rings. The van der Waals surface area contributed by atoms with Crippen LogP contribution in [0.4, 0.5) is 0 Å². The van der Waals surface area contributed by atoms with Crippen molar-refractivity contribution in [2.75, 3.05) is 19.8 Å². The van der Waals surface area contributed by atoms with Gasteiger partial charge in [-0.1, -0.05) is 6.92 Å². The van der Waals surface area contributed by atoms with Crippen LogP contribution in [0.5, 0.6) is 0 Å². The van der Waals surface area contributed by atoms with Gasteiger partial charge in [0, 0.05) is 39.2 Å². The Kier molecular flexibility index (Phi) is 3.84. The van der Waals surface area contributed by atoms with Crippen molar-refractivity contribution < 1.29 is 4.74 Å². The Bertz CT molecular complexity index is 355. The lowest BCUT2D eigenvalue weighted by Crippen LogP contribution is -2.38. The third kappa shape index (κ3) is 3.07. The fraction of sp³-hybridized carbons (Fsp3) is 0.769. The minimum Gasteiger partial charge on any atom is -0.381 e. The summed E-state index contributed by atoms with van der Waals surface area (Å²) in [5.74, 6) is 1.10. The van der Waals surface area contributed by atoms with Crippen LogP contribution in [-0.4, -0.2) is 29.3 Å². The van der Waals surface area contributed by atoms with Gasteiger partial charge in [-0.15, -0.1) is 0 Å². The molecule has 0 bridgehead atoms. The van der Waals surface area contributed by atoms with Crippen molar-refractivity contribution >= 4 is 0 Å². The molecule has 2 heterocycles. The van der Waals surface area contributed by atoms with E-state index in [2.05, 4.69) is 28.7 Å². The van der Waals surface area contributed by atoms with Crippen molar-refractivity contribution in [3.05, 3.63) is 18.2 Å². The second kappa shape index (κ2) is 5.19. The van der Waals surface area contributed by atoms with E-state index in [1.807, 2.05) is 19.4 Å². The molecule has 2 rings (SSSR count). The molecule has 0 radical (unpaired) electrons. The van der Waals surface area contributed by atoms with Crippen LogP contribution in [0.15, 0.2) is 12.4 Å². The van der Waals surface area contributed by atoms with Gasteiger partial charge in [-0.3, -0.25) is 0 Å². The number of nitrogens with zero attached hydrogens (tertiary/aromatic N) is 2. The lowest BCUT2D eigenvalue weighted by molar-refractivity contribution is 0.0229. The Morgan fingerprint density at radius 3 is 2.82 bits per heavy atom. The first-order valence-corrected chi connectivity index (χ1v) is 6.39. The number of aryl methyl sites for hydroxylation is 1. The van der Waals surface area contributed by atoms with Crippen LogP contribution in [0.3, 0.4) is 0 Å². The molecule has 96 valence electrons. The largest absolute Gasteiger partial charge is 0.381 e. The topological polar surface area (TPSA) is 39.1 Å². The van der Waals surface area contributed by atoms with E-state index >= 15 is 0 Å². The Labute approximate surface area is 103 Å². The lowest BCUT2D eigenvalue weighted by Gasteiger charge is -2.34. The fourth-order valence-electron chi connectivity index (χ4n) is 2.33. The van der Waals surface area contributed by atoms with Gasteiger partial charge in [-0.25, -0.2) is 4.98 Å². The van der Waals surface area contributed by atoms with E-state index in [0.717, 1.165) is 38.4 Å². The molecular formula is C13H23N3O. The van der Waals surface area contributed by atoms with E-state index in [0.29, 0.717) is 11.5 Å². The number of aromatic nitrogens is 2. The van der Waals surface area contributed by atoms with Gasteiger partial charge in [-0.2, -0.15) is 0 Å². The second-order valence-electron chi connectivity index (χ2n) is 5.42. The van der Waals surface area contributed by atoms with Crippen molar-refractivity contribution in [1.82, 2.24) is 14.9 Å². The Hall–Kier alpha value is -0.870. The monoisotopic (exact) mass is 237 g/mol. The van der Waals surface area contributed by atoms with Crippen LogP contribution < -0.4 is 5.32 Å². The second-order valence-corrected chi connectivity index (χ2v) is 5.42. The van der Waals surface area contributed by atoms with Crippen LogP contribution in [0.25, 0.3) is 0 Å². The van der Waals surface area contributed by atoms with Gasteiger partial charge >= 0.3 is 0 Å². The van der Waals surface area contributed by atoms with Crippen LogP contribution in [0.2, 0.25) is 0 Å². The van der Waals surface area contributed by atoms with E-state index < -0.39 is 0 Å². The predicted octanol–water partition coefficient (Wildman–Crippen LogP) is 1.89.